The monoisotopic (exact) mass is 227 g/mol. The summed E-state index contributed by atoms with van der Waals surface area (Å²) in [6.07, 6.45) is -0.000656. The highest BCUT2D eigenvalue weighted by Gasteiger charge is 2.25. The van der Waals surface area contributed by atoms with Crippen LogP contribution in [0.4, 0.5) is 8.78 Å². The van der Waals surface area contributed by atoms with Crippen LogP contribution in [0.3, 0.4) is 0 Å². The lowest BCUT2D eigenvalue weighted by molar-refractivity contribution is 0.102. The number of ether oxygens (including phenoxy) is 1. The zero-order chi connectivity index (χ0) is 11.5. The molecule has 0 amide bonds. The summed E-state index contributed by atoms with van der Waals surface area (Å²) in [5.74, 6) is 0.681. The summed E-state index contributed by atoms with van der Waals surface area (Å²) >= 11 is 0. The fourth-order valence-corrected chi connectivity index (χ4v) is 1.60. The van der Waals surface area contributed by atoms with Crippen molar-refractivity contribution in [3.63, 3.8) is 0 Å². The Bertz CT molecular complexity index is 353. The lowest BCUT2D eigenvalue weighted by atomic mass is 10.1. The summed E-state index contributed by atoms with van der Waals surface area (Å²) in [5.41, 5.74) is 0.565. The van der Waals surface area contributed by atoms with E-state index in [1.165, 1.54) is 7.05 Å². The number of hydrogen-bond acceptors (Lipinski definition) is 2. The van der Waals surface area contributed by atoms with Crippen LogP contribution in [-0.2, 0) is 0 Å². The molecular weight excluding hydrogens is 212 g/mol. The van der Waals surface area contributed by atoms with E-state index in [9.17, 15) is 8.78 Å². The molecule has 0 spiro atoms. The number of hydrogen-bond donors (Lipinski definition) is 1. The van der Waals surface area contributed by atoms with Crippen molar-refractivity contribution in [2.24, 2.45) is 0 Å². The minimum absolute atomic E-state index is 0.287. The van der Waals surface area contributed by atoms with Gasteiger partial charge >= 0.3 is 0 Å². The van der Waals surface area contributed by atoms with Gasteiger partial charge < -0.3 is 10.1 Å². The molecular formula is C12H15F2NO. The van der Waals surface area contributed by atoms with E-state index in [2.05, 4.69) is 5.32 Å². The van der Waals surface area contributed by atoms with E-state index in [-0.39, 0.29) is 6.10 Å². The van der Waals surface area contributed by atoms with Crippen LogP contribution in [0.25, 0.3) is 0 Å². The van der Waals surface area contributed by atoms with Gasteiger partial charge in [0.15, 0.2) is 0 Å². The summed E-state index contributed by atoms with van der Waals surface area (Å²) < 4.78 is 30.9. The van der Waals surface area contributed by atoms with E-state index in [4.69, 9.17) is 4.74 Å². The van der Waals surface area contributed by atoms with Gasteiger partial charge in [0.05, 0.1) is 12.1 Å². The van der Waals surface area contributed by atoms with Gasteiger partial charge in [0.25, 0.3) is 6.43 Å². The molecule has 1 atom stereocenters. The van der Waals surface area contributed by atoms with Crippen LogP contribution in [0.1, 0.15) is 24.4 Å². The fraction of sp³-hybridized carbons (Fsp3) is 0.500. The highest BCUT2D eigenvalue weighted by atomic mass is 19.3. The number of benzene rings is 1. The Balaban J connectivity index is 2.12. The van der Waals surface area contributed by atoms with Crippen molar-refractivity contribution >= 4 is 0 Å². The fourth-order valence-electron chi connectivity index (χ4n) is 1.60. The summed E-state index contributed by atoms with van der Waals surface area (Å²) in [7, 11) is 1.53. The van der Waals surface area contributed by atoms with E-state index in [1.54, 1.807) is 24.3 Å². The number of nitrogens with one attached hydrogen (secondary N) is 1. The molecule has 0 bridgehead atoms. The highest BCUT2D eigenvalue weighted by molar-refractivity contribution is 5.31. The molecule has 0 saturated heterocycles. The number of halogens is 2. The third kappa shape index (κ3) is 2.70. The van der Waals surface area contributed by atoms with Crippen molar-refractivity contribution < 1.29 is 13.5 Å². The summed E-state index contributed by atoms with van der Waals surface area (Å²) in [6, 6.07) is 6.00. The van der Waals surface area contributed by atoms with Gasteiger partial charge in [0.2, 0.25) is 0 Å². The maximum Gasteiger partial charge on any atom is 0.257 e. The average Bonchev–Trinajstić information content (AvgIpc) is 3.03. The zero-order valence-corrected chi connectivity index (χ0v) is 9.12. The Morgan fingerprint density at radius 1 is 1.38 bits per heavy atom. The first-order valence-corrected chi connectivity index (χ1v) is 5.42. The number of rotatable bonds is 5. The molecule has 1 saturated carbocycles. The predicted molar refractivity (Wildman–Crippen MR) is 57.9 cm³/mol. The molecule has 1 aromatic carbocycles. The van der Waals surface area contributed by atoms with Crippen LogP contribution in [0.15, 0.2) is 24.3 Å². The van der Waals surface area contributed by atoms with Crippen molar-refractivity contribution in [3.8, 4) is 5.75 Å². The Hall–Kier alpha value is -1.16. The molecule has 16 heavy (non-hydrogen) atoms. The maximum atomic E-state index is 12.7. The van der Waals surface area contributed by atoms with E-state index < -0.39 is 12.5 Å². The molecule has 0 aliphatic heterocycles. The molecule has 1 aliphatic carbocycles. The second-order valence-electron chi connectivity index (χ2n) is 3.99. The summed E-state index contributed by atoms with van der Waals surface area (Å²) in [6.45, 7) is 0. The first-order chi connectivity index (χ1) is 7.70. The van der Waals surface area contributed by atoms with Gasteiger partial charge in [0, 0.05) is 0 Å². The van der Waals surface area contributed by atoms with Crippen LogP contribution in [0, 0.1) is 0 Å². The van der Waals surface area contributed by atoms with Crippen LogP contribution in [-0.4, -0.2) is 19.6 Å². The molecule has 0 heterocycles. The minimum atomic E-state index is -2.42. The smallest absolute Gasteiger partial charge is 0.257 e. The van der Waals surface area contributed by atoms with Crippen molar-refractivity contribution in [2.45, 2.75) is 31.4 Å². The molecule has 4 heteroatoms. The van der Waals surface area contributed by atoms with E-state index >= 15 is 0 Å². The van der Waals surface area contributed by atoms with Crippen molar-refractivity contribution in [2.75, 3.05) is 7.05 Å². The molecule has 1 N–H and O–H groups in total. The lowest BCUT2D eigenvalue weighted by Crippen LogP contribution is -2.23. The average molecular weight is 227 g/mol. The van der Waals surface area contributed by atoms with Crippen LogP contribution in [0.5, 0.6) is 5.75 Å². The molecule has 1 fully saturated rings. The quantitative estimate of drug-likeness (QED) is 0.835. The van der Waals surface area contributed by atoms with Gasteiger partial charge in [-0.25, -0.2) is 8.78 Å². The molecule has 1 aliphatic rings. The maximum absolute atomic E-state index is 12.7. The first-order valence-electron chi connectivity index (χ1n) is 5.42. The Morgan fingerprint density at radius 3 is 2.69 bits per heavy atom. The molecule has 2 nitrogen and oxygen atoms in total. The standard InChI is InChI=1S/C12H15F2NO/c1-15-11(12(13)14)8-3-2-4-10(7-8)16-9-5-6-9/h2-4,7,9,11-12,15H,5-6H2,1H3. The summed E-state index contributed by atoms with van der Waals surface area (Å²) in [4.78, 5) is 0. The molecule has 1 aromatic rings. The van der Waals surface area contributed by atoms with Crippen LogP contribution in [0.2, 0.25) is 0 Å². The first kappa shape index (κ1) is 11.3. The third-order valence-electron chi connectivity index (χ3n) is 2.61. The van der Waals surface area contributed by atoms with Crippen molar-refractivity contribution in [3.05, 3.63) is 29.8 Å². The van der Waals surface area contributed by atoms with Gasteiger partial charge in [-0.3, -0.25) is 0 Å². The Labute approximate surface area is 93.6 Å². The van der Waals surface area contributed by atoms with Crippen molar-refractivity contribution in [1.29, 1.82) is 0 Å². The van der Waals surface area contributed by atoms with E-state index in [0.717, 1.165) is 12.8 Å². The summed E-state index contributed by atoms with van der Waals surface area (Å²) in [5, 5.41) is 2.61. The molecule has 0 radical (unpaired) electrons. The van der Waals surface area contributed by atoms with Crippen molar-refractivity contribution in [1.82, 2.24) is 5.32 Å². The second-order valence-corrected chi connectivity index (χ2v) is 3.99. The van der Waals surface area contributed by atoms with Crippen LogP contribution < -0.4 is 10.1 Å². The number of alkyl halides is 2. The SMILES string of the molecule is CNC(c1cccc(OC2CC2)c1)C(F)F. The molecule has 1 unspecified atom stereocenters. The largest absolute Gasteiger partial charge is 0.490 e. The van der Waals surface area contributed by atoms with Gasteiger partial charge in [-0.15, -0.1) is 0 Å². The zero-order valence-electron chi connectivity index (χ0n) is 9.12. The second kappa shape index (κ2) is 4.78. The predicted octanol–water partition coefficient (Wildman–Crippen LogP) is 2.75. The topological polar surface area (TPSA) is 21.3 Å². The molecule has 88 valence electrons. The molecule has 2 rings (SSSR count). The van der Waals surface area contributed by atoms with E-state index in [0.29, 0.717) is 11.3 Å². The normalized spacial score (nSPS) is 17.5. The highest BCUT2D eigenvalue weighted by Crippen LogP contribution is 2.29. The Morgan fingerprint density at radius 2 is 2.12 bits per heavy atom. The van der Waals surface area contributed by atoms with Crippen LogP contribution >= 0.6 is 0 Å². The van der Waals surface area contributed by atoms with Gasteiger partial charge in [-0.1, -0.05) is 12.1 Å². The van der Waals surface area contributed by atoms with E-state index in [1.807, 2.05) is 0 Å². The lowest BCUT2D eigenvalue weighted by Gasteiger charge is -2.16. The Kier molecular flexibility index (Phi) is 3.39. The van der Waals surface area contributed by atoms with Gasteiger partial charge in [0.1, 0.15) is 5.75 Å². The van der Waals surface area contributed by atoms with Gasteiger partial charge in [-0.05, 0) is 37.6 Å². The third-order valence-corrected chi connectivity index (χ3v) is 2.61. The minimum Gasteiger partial charge on any atom is -0.490 e. The molecule has 0 aromatic heterocycles. The van der Waals surface area contributed by atoms with Gasteiger partial charge in [-0.2, -0.15) is 0 Å².